The van der Waals surface area contributed by atoms with Crippen molar-refractivity contribution in [2.75, 3.05) is 17.2 Å². The monoisotopic (exact) mass is 388 g/mol. The smallest absolute Gasteiger partial charge is 0.220 e. The van der Waals surface area contributed by atoms with Crippen LogP contribution in [0.3, 0.4) is 0 Å². The number of hydrogen-bond acceptors (Lipinski definition) is 7. The average molecular weight is 389 g/mol. The topological polar surface area (TPSA) is 115 Å². The Kier molecular flexibility index (Phi) is 6.52. The summed E-state index contributed by atoms with van der Waals surface area (Å²) in [6, 6.07) is 17.2. The van der Waals surface area contributed by atoms with Crippen LogP contribution in [0.4, 0.5) is 11.4 Å². The van der Waals surface area contributed by atoms with E-state index in [-0.39, 0.29) is 18.4 Å². The van der Waals surface area contributed by atoms with Crippen LogP contribution in [0.15, 0.2) is 64.6 Å². The van der Waals surface area contributed by atoms with Gasteiger partial charge in [-0.15, -0.1) is 12.4 Å². The average Bonchev–Trinajstić information content (AvgIpc) is 2.60. The summed E-state index contributed by atoms with van der Waals surface area (Å²) in [5.41, 5.74) is 18.7. The first-order valence-corrected chi connectivity index (χ1v) is 8.51. The molecule has 0 amide bonds. The van der Waals surface area contributed by atoms with E-state index in [2.05, 4.69) is 9.98 Å². The molecule has 0 saturated heterocycles. The first-order chi connectivity index (χ1) is 12.5. The van der Waals surface area contributed by atoms with Crippen LogP contribution >= 0.6 is 12.4 Å². The van der Waals surface area contributed by atoms with Gasteiger partial charge in [0.1, 0.15) is 11.4 Å². The minimum Gasteiger partial charge on any atom is -0.494 e. The van der Waals surface area contributed by atoms with E-state index in [1.165, 1.54) is 0 Å². The number of nitrogen functional groups attached to an aromatic ring is 1. The number of anilines is 2. The van der Waals surface area contributed by atoms with Gasteiger partial charge in [-0.25, -0.2) is 4.99 Å². The third kappa shape index (κ3) is 4.83. The number of ether oxygens (including phenoxy) is 1. The number of para-hydroxylation sites is 1. The van der Waals surface area contributed by atoms with Crippen LogP contribution in [0.1, 0.15) is 19.8 Å². The molecule has 1 heterocycles. The molecule has 2 aromatic carbocycles. The molecular formula is C19H25ClN6O. The fourth-order valence-corrected chi connectivity index (χ4v) is 3.05. The Morgan fingerprint density at radius 3 is 2.33 bits per heavy atom. The molecule has 0 saturated carbocycles. The minimum absolute atomic E-state index is 0. The minimum atomic E-state index is -0.623. The molecular weight excluding hydrogens is 364 g/mol. The zero-order valence-electron chi connectivity index (χ0n) is 15.2. The van der Waals surface area contributed by atoms with Crippen molar-refractivity contribution in [3.05, 3.63) is 54.6 Å². The van der Waals surface area contributed by atoms with Gasteiger partial charge < -0.3 is 21.9 Å². The molecule has 1 aliphatic rings. The molecule has 0 spiro atoms. The van der Waals surface area contributed by atoms with Crippen LogP contribution < -0.4 is 26.8 Å². The number of aliphatic imine (C=N–C) groups is 2. The number of halogens is 1. The van der Waals surface area contributed by atoms with Crippen molar-refractivity contribution in [2.24, 2.45) is 21.5 Å². The molecule has 0 aliphatic carbocycles. The maximum atomic E-state index is 6.16. The van der Waals surface area contributed by atoms with Crippen LogP contribution in [-0.2, 0) is 0 Å². The van der Waals surface area contributed by atoms with Crippen molar-refractivity contribution in [1.29, 1.82) is 0 Å². The van der Waals surface area contributed by atoms with E-state index < -0.39 is 5.66 Å². The van der Waals surface area contributed by atoms with Crippen LogP contribution in [0.2, 0.25) is 0 Å². The lowest BCUT2D eigenvalue weighted by Crippen LogP contribution is -2.56. The number of nitrogens with zero attached hydrogens (tertiary/aromatic N) is 3. The third-order valence-electron chi connectivity index (χ3n) is 4.25. The lowest BCUT2D eigenvalue weighted by molar-refractivity contribution is 0.286. The molecule has 1 unspecified atom stereocenters. The van der Waals surface area contributed by atoms with Gasteiger partial charge in [0, 0.05) is 11.4 Å². The number of rotatable bonds is 6. The quantitative estimate of drug-likeness (QED) is 0.519. The van der Waals surface area contributed by atoms with Gasteiger partial charge in [-0.05, 0) is 56.2 Å². The van der Waals surface area contributed by atoms with Crippen molar-refractivity contribution < 1.29 is 4.74 Å². The molecule has 144 valence electrons. The van der Waals surface area contributed by atoms with Gasteiger partial charge in [-0.3, -0.25) is 4.90 Å². The molecule has 0 fully saturated rings. The van der Waals surface area contributed by atoms with Gasteiger partial charge in [0.2, 0.25) is 11.9 Å². The standard InChI is InChI=1S/C19H24N6O.ClH/c1-19(12-5-13-26-16-10-8-14(20)9-11-16)24-17(21)23-18(22)25(19)15-6-3-2-4-7-15;/h2-4,6-11H,5,12-13,20H2,1H3,(H4,21,22,23,24);1H. The molecule has 7 nitrogen and oxygen atoms in total. The second kappa shape index (κ2) is 8.64. The molecule has 2 aromatic rings. The maximum Gasteiger partial charge on any atom is 0.220 e. The van der Waals surface area contributed by atoms with Gasteiger partial charge >= 0.3 is 0 Å². The summed E-state index contributed by atoms with van der Waals surface area (Å²) in [5, 5.41) is 0. The van der Waals surface area contributed by atoms with Gasteiger partial charge in [0.05, 0.1) is 6.61 Å². The van der Waals surface area contributed by atoms with E-state index in [9.17, 15) is 0 Å². The van der Waals surface area contributed by atoms with Crippen LogP contribution in [0.25, 0.3) is 0 Å². The summed E-state index contributed by atoms with van der Waals surface area (Å²) in [6.07, 6.45) is 1.47. The van der Waals surface area contributed by atoms with Crippen molar-refractivity contribution in [3.63, 3.8) is 0 Å². The van der Waals surface area contributed by atoms with Crippen molar-refractivity contribution in [2.45, 2.75) is 25.4 Å². The van der Waals surface area contributed by atoms with E-state index in [1.807, 2.05) is 66.4 Å². The molecule has 1 aliphatic heterocycles. The Balaban J connectivity index is 0.00000261. The third-order valence-corrected chi connectivity index (χ3v) is 4.25. The summed E-state index contributed by atoms with van der Waals surface area (Å²) in [7, 11) is 0. The Bertz CT molecular complexity index is 809. The van der Waals surface area contributed by atoms with Crippen LogP contribution in [-0.4, -0.2) is 24.2 Å². The molecule has 0 bridgehead atoms. The first-order valence-electron chi connectivity index (χ1n) is 8.51. The highest BCUT2D eigenvalue weighted by molar-refractivity contribution is 6.05. The molecule has 8 heteroatoms. The van der Waals surface area contributed by atoms with Gasteiger partial charge in [0.25, 0.3) is 0 Å². The SMILES string of the molecule is CC1(CCCOc2ccc(N)cc2)N=C(N)N=C(N)N1c1ccccc1.Cl. The summed E-state index contributed by atoms with van der Waals surface area (Å²) in [5.74, 6) is 1.32. The lowest BCUT2D eigenvalue weighted by Gasteiger charge is -2.41. The van der Waals surface area contributed by atoms with Crippen molar-refractivity contribution in [1.82, 2.24) is 0 Å². The zero-order chi connectivity index (χ0) is 18.6. The van der Waals surface area contributed by atoms with Crippen molar-refractivity contribution >= 4 is 35.7 Å². The highest BCUT2D eigenvalue weighted by atomic mass is 35.5. The van der Waals surface area contributed by atoms with E-state index in [1.54, 1.807) is 0 Å². The summed E-state index contributed by atoms with van der Waals surface area (Å²) >= 11 is 0. The Morgan fingerprint density at radius 1 is 1.00 bits per heavy atom. The second-order valence-electron chi connectivity index (χ2n) is 6.35. The molecule has 0 aromatic heterocycles. The van der Waals surface area contributed by atoms with E-state index >= 15 is 0 Å². The number of guanidine groups is 2. The predicted molar refractivity (Wildman–Crippen MR) is 113 cm³/mol. The molecule has 1 atom stereocenters. The van der Waals surface area contributed by atoms with E-state index in [4.69, 9.17) is 21.9 Å². The number of hydrogen-bond donors (Lipinski definition) is 3. The van der Waals surface area contributed by atoms with Crippen LogP contribution in [0, 0.1) is 0 Å². The summed E-state index contributed by atoms with van der Waals surface area (Å²) < 4.78 is 5.78. The second-order valence-corrected chi connectivity index (χ2v) is 6.35. The summed E-state index contributed by atoms with van der Waals surface area (Å²) in [4.78, 5) is 10.6. The van der Waals surface area contributed by atoms with Crippen molar-refractivity contribution in [3.8, 4) is 5.75 Å². The maximum absolute atomic E-state index is 6.16. The van der Waals surface area contributed by atoms with Crippen LogP contribution in [0.5, 0.6) is 5.75 Å². The molecule has 0 radical (unpaired) electrons. The Labute approximate surface area is 165 Å². The first kappa shape index (κ1) is 20.4. The summed E-state index contributed by atoms with van der Waals surface area (Å²) in [6.45, 7) is 2.55. The lowest BCUT2D eigenvalue weighted by atomic mass is 10.0. The van der Waals surface area contributed by atoms with Gasteiger partial charge in [-0.2, -0.15) is 4.99 Å². The number of benzene rings is 2. The highest BCUT2D eigenvalue weighted by Gasteiger charge is 2.36. The molecule has 3 rings (SSSR count). The van der Waals surface area contributed by atoms with E-state index in [0.717, 1.165) is 17.9 Å². The molecule has 27 heavy (non-hydrogen) atoms. The molecule has 6 N–H and O–H groups in total. The highest BCUT2D eigenvalue weighted by Crippen LogP contribution is 2.31. The predicted octanol–water partition coefficient (Wildman–Crippen LogP) is 2.72. The van der Waals surface area contributed by atoms with Gasteiger partial charge in [0.15, 0.2) is 0 Å². The largest absolute Gasteiger partial charge is 0.494 e. The Hall–Kier alpha value is -2.93. The fraction of sp³-hybridized carbons (Fsp3) is 0.263. The number of nitrogens with two attached hydrogens (primary N) is 3. The fourth-order valence-electron chi connectivity index (χ4n) is 3.05. The Morgan fingerprint density at radius 2 is 1.67 bits per heavy atom. The zero-order valence-corrected chi connectivity index (χ0v) is 16.0. The normalized spacial score (nSPS) is 18.9. The van der Waals surface area contributed by atoms with Gasteiger partial charge in [-0.1, -0.05) is 18.2 Å². The van der Waals surface area contributed by atoms with E-state index in [0.29, 0.717) is 24.7 Å².